The number of alkyl carbamates (subject to hydrolysis) is 1. The summed E-state index contributed by atoms with van der Waals surface area (Å²) in [4.78, 5) is 57.6. The lowest BCUT2D eigenvalue weighted by molar-refractivity contribution is -0.146. The van der Waals surface area contributed by atoms with Gasteiger partial charge in [-0.05, 0) is 56.7 Å². The molecule has 3 heterocycles. The van der Waals surface area contributed by atoms with Crippen molar-refractivity contribution in [2.45, 2.75) is 89.6 Å². The number of ether oxygens (including phenoxy) is 2. The average Bonchev–Trinajstić information content (AvgIpc) is 3.41. The Kier molecular flexibility index (Phi) is 9.97. The molecule has 3 N–H and O–H groups in total. The van der Waals surface area contributed by atoms with Gasteiger partial charge in [0.1, 0.15) is 40.4 Å². The van der Waals surface area contributed by atoms with E-state index < -0.39 is 64.5 Å². The van der Waals surface area contributed by atoms with Crippen LogP contribution in [-0.4, -0.2) is 85.8 Å². The quantitative estimate of drug-likeness (QED) is 0.273. The fourth-order valence-electron chi connectivity index (χ4n) is 7.18. The van der Waals surface area contributed by atoms with Crippen LogP contribution in [-0.2, 0) is 19.1 Å². The molecule has 3 aromatic rings. The molecule has 3 aliphatic rings. The molecule has 6 bridgehead atoms. The minimum atomic E-state index is -1.51. The first kappa shape index (κ1) is 37.3. The van der Waals surface area contributed by atoms with Crippen LogP contribution in [0.2, 0.25) is 0 Å². The summed E-state index contributed by atoms with van der Waals surface area (Å²) in [5, 5.41) is 25.6. The Morgan fingerprint density at radius 3 is 2.42 bits per heavy atom. The first-order chi connectivity index (χ1) is 25.1. The second kappa shape index (κ2) is 14.2. The maximum atomic E-state index is 14.6. The number of hydrogen-bond donors (Lipinski definition) is 3. The smallest absolute Gasteiger partial charge is 0.408 e. The van der Waals surface area contributed by atoms with Crippen LogP contribution in [0.25, 0.3) is 28.6 Å². The number of amides is 3. The molecule has 1 saturated heterocycles. The monoisotopic (exact) mass is 724 g/mol. The SMILES string of the molecule is C=C[C@@H]1C[C@]1(NC(=O)[C@@H]1C[C@@H]2CN1C(=O)[C@H](C(C)(C)C)NC(=O)OC(C)(C)CC/C=C/c1cc(ccc1OC)-c1nn2nc1-c1ccccc1)C(=O)O. The highest BCUT2D eigenvalue weighted by Gasteiger charge is 2.61. The van der Waals surface area contributed by atoms with Gasteiger partial charge in [0.05, 0.1) is 13.2 Å². The molecular formula is C40H48N6O7. The number of carboxylic acids is 1. The summed E-state index contributed by atoms with van der Waals surface area (Å²) in [5.74, 6) is -2.08. The number of allylic oxidation sites excluding steroid dienone is 1. The lowest BCUT2D eigenvalue weighted by Crippen LogP contribution is -2.59. The second-order valence-electron chi connectivity index (χ2n) is 15.8. The predicted octanol–water partition coefficient (Wildman–Crippen LogP) is 5.63. The lowest BCUT2D eigenvalue weighted by atomic mass is 9.85. The molecule has 13 heteroatoms. The van der Waals surface area contributed by atoms with E-state index >= 15 is 0 Å². The largest absolute Gasteiger partial charge is 0.496 e. The third-order valence-corrected chi connectivity index (χ3v) is 10.4. The standard InChI is InChI=1S/C40H48N6O7/c1-8-27-22-40(27,36(49)50)42-34(47)29-21-28-23-45(29)35(48)33(38(2,3)4)41-37(51)53-39(5,6)19-13-12-16-25-20-26(17-18-30(25)52-7)32-31(43-46(28)44-32)24-14-10-9-11-15-24/h8-12,14-18,20,27-29,33H,1,13,19,21-23H2,2-7H3,(H,41,51)(H,42,47)(H,49,50)/b16-12+/t27-,28-,29+,33-,40-/m1/s1. The Balaban J connectivity index is 1.48. The van der Waals surface area contributed by atoms with Gasteiger partial charge in [-0.25, -0.2) is 9.59 Å². The van der Waals surface area contributed by atoms with Crippen molar-refractivity contribution in [2.24, 2.45) is 11.3 Å². The number of fused-ring (bicyclic) bond motifs is 8. The van der Waals surface area contributed by atoms with Crippen LogP contribution in [0.5, 0.6) is 5.75 Å². The Bertz CT molecular complexity index is 1950. The number of rotatable bonds is 6. The van der Waals surface area contributed by atoms with E-state index in [1.54, 1.807) is 11.9 Å². The van der Waals surface area contributed by atoms with Crippen LogP contribution in [0.1, 0.15) is 71.9 Å². The summed E-state index contributed by atoms with van der Waals surface area (Å²) < 4.78 is 11.5. The number of methoxy groups -OCH3 is 1. The van der Waals surface area contributed by atoms with E-state index in [9.17, 15) is 24.3 Å². The van der Waals surface area contributed by atoms with Gasteiger partial charge in [0.2, 0.25) is 11.8 Å². The molecule has 2 fully saturated rings. The Labute approximate surface area is 309 Å². The summed E-state index contributed by atoms with van der Waals surface area (Å²) in [6.07, 6.45) is 6.08. The summed E-state index contributed by atoms with van der Waals surface area (Å²) in [5.41, 5.74) is 0.460. The van der Waals surface area contributed by atoms with Gasteiger partial charge in [0.15, 0.2) is 0 Å². The van der Waals surface area contributed by atoms with Crippen LogP contribution >= 0.6 is 0 Å². The molecule has 0 radical (unpaired) electrons. The molecule has 3 amide bonds. The third-order valence-electron chi connectivity index (χ3n) is 10.4. The van der Waals surface area contributed by atoms with E-state index in [1.807, 2.05) is 95.3 Å². The number of cyclic esters (lactones) is 1. The van der Waals surface area contributed by atoms with Crippen molar-refractivity contribution >= 4 is 30.0 Å². The molecule has 2 aromatic carbocycles. The number of carbonyl (C=O) groups is 4. The zero-order chi connectivity index (χ0) is 38.3. The highest BCUT2D eigenvalue weighted by Crippen LogP contribution is 2.45. The van der Waals surface area contributed by atoms with Gasteiger partial charge >= 0.3 is 12.1 Å². The minimum absolute atomic E-state index is 0.0234. The van der Waals surface area contributed by atoms with E-state index in [0.29, 0.717) is 30.0 Å². The summed E-state index contributed by atoms with van der Waals surface area (Å²) in [7, 11) is 1.61. The number of aromatic nitrogens is 3. The van der Waals surface area contributed by atoms with Gasteiger partial charge in [-0.3, -0.25) is 9.59 Å². The van der Waals surface area contributed by atoms with Crippen LogP contribution in [0, 0.1) is 11.3 Å². The van der Waals surface area contributed by atoms with E-state index in [-0.39, 0.29) is 19.4 Å². The molecule has 6 rings (SSSR count). The van der Waals surface area contributed by atoms with E-state index in [4.69, 9.17) is 19.7 Å². The van der Waals surface area contributed by atoms with Crippen LogP contribution in [0.15, 0.2) is 67.3 Å². The maximum absolute atomic E-state index is 14.6. The Morgan fingerprint density at radius 1 is 1.09 bits per heavy atom. The minimum Gasteiger partial charge on any atom is -0.496 e. The number of nitrogens with zero attached hydrogens (tertiary/aromatic N) is 4. The fourth-order valence-corrected chi connectivity index (χ4v) is 7.18. The number of benzene rings is 2. The number of carboxylic acid groups (broad SMARTS) is 1. The lowest BCUT2D eigenvalue weighted by Gasteiger charge is -2.36. The predicted molar refractivity (Wildman–Crippen MR) is 199 cm³/mol. The topological polar surface area (TPSA) is 165 Å². The van der Waals surface area contributed by atoms with Crippen molar-refractivity contribution in [1.82, 2.24) is 30.5 Å². The van der Waals surface area contributed by atoms with Gasteiger partial charge in [-0.1, -0.05) is 69.3 Å². The molecule has 2 aliphatic heterocycles. The molecule has 1 saturated carbocycles. The average molecular weight is 725 g/mol. The summed E-state index contributed by atoms with van der Waals surface area (Å²) in [6.45, 7) is 12.8. The summed E-state index contributed by atoms with van der Waals surface area (Å²) >= 11 is 0. The van der Waals surface area contributed by atoms with Crippen molar-refractivity contribution < 1.29 is 33.8 Å². The Morgan fingerprint density at radius 2 is 1.79 bits per heavy atom. The van der Waals surface area contributed by atoms with Crippen LogP contribution in [0.4, 0.5) is 4.79 Å². The van der Waals surface area contributed by atoms with E-state index in [1.165, 1.54) is 11.0 Å². The number of nitrogens with one attached hydrogen (secondary N) is 2. The number of aliphatic carboxylic acids is 1. The summed E-state index contributed by atoms with van der Waals surface area (Å²) in [6, 6.07) is 12.6. The first-order valence-electron chi connectivity index (χ1n) is 17.9. The normalized spacial score (nSPS) is 26.2. The van der Waals surface area contributed by atoms with E-state index in [2.05, 4.69) is 17.2 Å². The Hall–Kier alpha value is -5.46. The van der Waals surface area contributed by atoms with Gasteiger partial charge in [-0.15, -0.1) is 6.58 Å². The van der Waals surface area contributed by atoms with Crippen LogP contribution < -0.4 is 15.4 Å². The molecule has 0 spiro atoms. The maximum Gasteiger partial charge on any atom is 0.408 e. The van der Waals surface area contributed by atoms with Crippen molar-refractivity contribution in [1.29, 1.82) is 0 Å². The second-order valence-corrected chi connectivity index (χ2v) is 15.8. The van der Waals surface area contributed by atoms with Gasteiger partial charge in [-0.2, -0.15) is 15.0 Å². The highest BCUT2D eigenvalue weighted by atomic mass is 16.6. The molecule has 53 heavy (non-hydrogen) atoms. The van der Waals surface area contributed by atoms with E-state index in [0.717, 1.165) is 16.7 Å². The van der Waals surface area contributed by atoms with Crippen molar-refractivity contribution in [3.63, 3.8) is 0 Å². The zero-order valence-electron chi connectivity index (χ0n) is 31.1. The fraction of sp³-hybridized carbons (Fsp3) is 0.450. The van der Waals surface area contributed by atoms with Gasteiger partial charge in [0, 0.05) is 35.6 Å². The van der Waals surface area contributed by atoms with Crippen LogP contribution in [0.3, 0.4) is 0 Å². The zero-order valence-corrected chi connectivity index (χ0v) is 31.1. The third kappa shape index (κ3) is 7.56. The molecule has 13 nitrogen and oxygen atoms in total. The molecule has 1 aliphatic carbocycles. The first-order valence-corrected chi connectivity index (χ1v) is 17.9. The number of hydrogen-bond acceptors (Lipinski definition) is 8. The van der Waals surface area contributed by atoms with Crippen molar-refractivity contribution in [2.75, 3.05) is 13.7 Å². The molecule has 1 aromatic heterocycles. The number of carbonyl (C=O) groups excluding carboxylic acids is 3. The van der Waals surface area contributed by atoms with Crippen molar-refractivity contribution in [3.05, 3.63) is 72.8 Å². The molecule has 5 atom stereocenters. The highest BCUT2D eigenvalue weighted by molar-refractivity contribution is 5.96. The molecule has 280 valence electrons. The molecular weight excluding hydrogens is 676 g/mol. The van der Waals surface area contributed by atoms with Gasteiger partial charge in [0.25, 0.3) is 0 Å². The van der Waals surface area contributed by atoms with Gasteiger partial charge < -0.3 is 30.1 Å². The molecule has 0 unspecified atom stereocenters. The van der Waals surface area contributed by atoms with Crippen molar-refractivity contribution in [3.8, 4) is 28.3 Å².